The van der Waals surface area contributed by atoms with E-state index in [4.69, 9.17) is 4.74 Å². The molecule has 0 aliphatic carbocycles. The van der Waals surface area contributed by atoms with Gasteiger partial charge in [0.15, 0.2) is 6.10 Å². The van der Waals surface area contributed by atoms with Gasteiger partial charge in [-0.15, -0.1) is 0 Å². The summed E-state index contributed by atoms with van der Waals surface area (Å²) in [5, 5.41) is 7.09. The van der Waals surface area contributed by atoms with Crippen molar-refractivity contribution in [1.29, 1.82) is 0 Å². The summed E-state index contributed by atoms with van der Waals surface area (Å²) in [4.78, 5) is 25.3. The number of aromatic nitrogens is 2. The number of benzene rings is 2. The first-order valence-electron chi connectivity index (χ1n) is 9.50. The zero-order chi connectivity index (χ0) is 21.0. The van der Waals surface area contributed by atoms with E-state index in [-0.39, 0.29) is 0 Å². The highest BCUT2D eigenvalue weighted by Gasteiger charge is 2.22. The lowest BCUT2D eigenvalue weighted by Crippen LogP contribution is -2.30. The van der Waals surface area contributed by atoms with Crippen molar-refractivity contribution < 1.29 is 14.3 Å². The summed E-state index contributed by atoms with van der Waals surface area (Å²) in [7, 11) is 1.81. The van der Waals surface area contributed by atoms with Crippen LogP contribution in [0.4, 0.5) is 5.69 Å². The molecule has 3 rings (SSSR count). The number of rotatable bonds is 6. The first-order chi connectivity index (χ1) is 13.9. The molecular formula is C23H25N3O3. The Morgan fingerprint density at radius 2 is 1.72 bits per heavy atom. The van der Waals surface area contributed by atoms with Crippen molar-refractivity contribution in [2.75, 3.05) is 5.32 Å². The molecule has 6 heteroatoms. The quantitative estimate of drug-likeness (QED) is 0.649. The predicted molar refractivity (Wildman–Crippen MR) is 112 cm³/mol. The van der Waals surface area contributed by atoms with Crippen molar-refractivity contribution in [3.8, 4) is 0 Å². The molecule has 6 nitrogen and oxygen atoms in total. The van der Waals surface area contributed by atoms with Crippen LogP contribution in [0.2, 0.25) is 0 Å². The Hall–Kier alpha value is -3.41. The number of anilines is 1. The molecule has 3 aromatic rings. The third-order valence-electron chi connectivity index (χ3n) is 4.88. The number of carbonyl (C=O) groups excluding carboxylic acids is 2. The second kappa shape index (κ2) is 8.73. The average molecular weight is 391 g/mol. The maximum Gasteiger partial charge on any atom is 0.339 e. The predicted octanol–water partition coefficient (Wildman–Crippen LogP) is 3.81. The maximum atomic E-state index is 12.7. The number of hydrogen-bond donors (Lipinski definition) is 1. The lowest BCUT2D eigenvalue weighted by atomic mass is 10.00. The van der Waals surface area contributed by atoms with Crippen LogP contribution in [-0.2, 0) is 23.0 Å². The van der Waals surface area contributed by atoms with E-state index in [1.807, 2.05) is 63.4 Å². The van der Waals surface area contributed by atoms with Gasteiger partial charge >= 0.3 is 5.97 Å². The number of hydrogen-bond acceptors (Lipinski definition) is 4. The Labute approximate surface area is 170 Å². The summed E-state index contributed by atoms with van der Waals surface area (Å²) in [6.07, 6.45) is -0.327. The van der Waals surface area contributed by atoms with E-state index in [9.17, 15) is 9.59 Å². The van der Waals surface area contributed by atoms with Crippen molar-refractivity contribution in [3.05, 3.63) is 82.7 Å². The monoisotopic (exact) mass is 391 g/mol. The number of ether oxygens (including phenoxy) is 1. The van der Waals surface area contributed by atoms with Gasteiger partial charge in [0.25, 0.3) is 5.91 Å². The molecule has 0 aliphatic heterocycles. The van der Waals surface area contributed by atoms with Gasteiger partial charge in [0, 0.05) is 7.05 Å². The minimum Gasteiger partial charge on any atom is -0.449 e. The van der Waals surface area contributed by atoms with Crippen LogP contribution in [0.3, 0.4) is 0 Å². The van der Waals surface area contributed by atoms with Crippen LogP contribution in [0.25, 0.3) is 0 Å². The van der Waals surface area contributed by atoms with E-state index < -0.39 is 18.0 Å². The molecule has 1 atom stereocenters. The molecule has 1 amide bonds. The van der Waals surface area contributed by atoms with Crippen LogP contribution in [-0.4, -0.2) is 27.8 Å². The summed E-state index contributed by atoms with van der Waals surface area (Å²) in [5.74, 6) is -0.906. The lowest BCUT2D eigenvalue weighted by Gasteiger charge is -2.15. The van der Waals surface area contributed by atoms with Gasteiger partial charge in [0.05, 0.1) is 22.6 Å². The van der Waals surface area contributed by atoms with Crippen molar-refractivity contribution >= 4 is 17.6 Å². The third-order valence-corrected chi connectivity index (χ3v) is 4.88. The molecule has 0 saturated carbocycles. The first kappa shape index (κ1) is 20.3. The highest BCUT2D eigenvalue weighted by molar-refractivity contribution is 5.98. The van der Waals surface area contributed by atoms with Gasteiger partial charge in [-0.25, -0.2) is 4.79 Å². The fourth-order valence-electron chi connectivity index (χ4n) is 3.15. The van der Waals surface area contributed by atoms with E-state index in [2.05, 4.69) is 10.4 Å². The summed E-state index contributed by atoms with van der Waals surface area (Å²) >= 11 is 0. The van der Waals surface area contributed by atoms with Crippen molar-refractivity contribution in [3.63, 3.8) is 0 Å². The van der Waals surface area contributed by atoms with Crippen LogP contribution in [0.1, 0.15) is 39.8 Å². The fraction of sp³-hybridized carbons (Fsp3) is 0.261. The van der Waals surface area contributed by atoms with Gasteiger partial charge in [-0.2, -0.15) is 5.10 Å². The van der Waals surface area contributed by atoms with Crippen LogP contribution in [0, 0.1) is 13.8 Å². The molecule has 0 saturated heterocycles. The molecule has 0 aliphatic rings. The molecule has 1 heterocycles. The number of nitrogens with one attached hydrogen (secondary N) is 1. The van der Waals surface area contributed by atoms with Gasteiger partial charge in [0.2, 0.25) is 0 Å². The highest BCUT2D eigenvalue weighted by Crippen LogP contribution is 2.20. The van der Waals surface area contributed by atoms with Gasteiger partial charge in [-0.05, 0) is 44.4 Å². The number of aryl methyl sites for hydroxylation is 2. The highest BCUT2D eigenvalue weighted by atomic mass is 16.5. The van der Waals surface area contributed by atoms with E-state index in [0.717, 1.165) is 16.8 Å². The Morgan fingerprint density at radius 1 is 1.07 bits per heavy atom. The van der Waals surface area contributed by atoms with E-state index >= 15 is 0 Å². The van der Waals surface area contributed by atoms with Crippen LogP contribution >= 0.6 is 0 Å². The van der Waals surface area contributed by atoms with E-state index in [0.29, 0.717) is 23.4 Å². The second-order valence-electron chi connectivity index (χ2n) is 7.03. The number of carbonyl (C=O) groups is 2. The van der Waals surface area contributed by atoms with Gasteiger partial charge in [-0.1, -0.05) is 48.5 Å². The molecule has 1 aromatic heterocycles. The summed E-state index contributed by atoms with van der Waals surface area (Å²) in [6.45, 7) is 5.25. The average Bonchev–Trinajstić information content (AvgIpc) is 2.95. The second-order valence-corrected chi connectivity index (χ2v) is 7.03. The Morgan fingerprint density at radius 3 is 2.38 bits per heavy atom. The molecule has 29 heavy (non-hydrogen) atoms. The van der Waals surface area contributed by atoms with Crippen LogP contribution in [0.5, 0.6) is 0 Å². The SMILES string of the molecule is Cc1nn(C)c(C)c1NC(=O)[C@H](C)OC(=O)c1ccccc1Cc1ccccc1. The molecule has 1 N–H and O–H groups in total. The molecular weight excluding hydrogens is 366 g/mol. The summed E-state index contributed by atoms with van der Waals surface area (Å²) < 4.78 is 7.15. The molecule has 0 fully saturated rings. The summed E-state index contributed by atoms with van der Waals surface area (Å²) in [6, 6.07) is 17.2. The lowest BCUT2D eigenvalue weighted by molar-refractivity contribution is -0.123. The Bertz CT molecular complexity index is 1030. The van der Waals surface area contributed by atoms with Gasteiger partial charge in [0.1, 0.15) is 0 Å². The Balaban J connectivity index is 1.70. The number of amides is 1. The normalized spacial score (nSPS) is 11.7. The van der Waals surface area contributed by atoms with Crippen molar-refractivity contribution in [2.24, 2.45) is 7.05 Å². The number of esters is 1. The molecule has 0 unspecified atom stereocenters. The minimum absolute atomic E-state index is 0.391. The Kier molecular flexibility index (Phi) is 6.12. The minimum atomic E-state index is -0.939. The third kappa shape index (κ3) is 4.71. The van der Waals surface area contributed by atoms with E-state index in [1.165, 1.54) is 0 Å². The van der Waals surface area contributed by atoms with Gasteiger partial charge in [-0.3, -0.25) is 9.48 Å². The summed E-state index contributed by atoms with van der Waals surface area (Å²) in [5.41, 5.74) is 4.61. The molecule has 0 spiro atoms. The molecule has 2 aromatic carbocycles. The largest absolute Gasteiger partial charge is 0.449 e. The molecule has 150 valence electrons. The van der Waals surface area contributed by atoms with Crippen molar-refractivity contribution in [1.82, 2.24) is 9.78 Å². The molecule has 0 bridgehead atoms. The van der Waals surface area contributed by atoms with Gasteiger partial charge < -0.3 is 10.1 Å². The van der Waals surface area contributed by atoms with Crippen LogP contribution in [0.15, 0.2) is 54.6 Å². The standard InChI is InChI=1S/C23H25N3O3/c1-15-21(16(2)26(4)25-15)24-22(27)17(3)29-23(28)20-13-9-8-12-19(20)14-18-10-6-5-7-11-18/h5-13,17H,14H2,1-4H3,(H,24,27)/t17-/m0/s1. The fourth-order valence-corrected chi connectivity index (χ4v) is 3.15. The zero-order valence-corrected chi connectivity index (χ0v) is 17.1. The topological polar surface area (TPSA) is 73.2 Å². The maximum absolute atomic E-state index is 12.7. The zero-order valence-electron chi connectivity index (χ0n) is 17.1. The number of nitrogens with zero attached hydrogens (tertiary/aromatic N) is 2. The smallest absolute Gasteiger partial charge is 0.339 e. The van der Waals surface area contributed by atoms with Crippen LogP contribution < -0.4 is 5.32 Å². The van der Waals surface area contributed by atoms with E-state index in [1.54, 1.807) is 23.7 Å². The first-order valence-corrected chi connectivity index (χ1v) is 9.50. The molecule has 0 radical (unpaired) electrons. The van der Waals surface area contributed by atoms with Crippen molar-refractivity contribution in [2.45, 2.75) is 33.3 Å².